The molecule has 1 aromatic heterocycles. The fourth-order valence-corrected chi connectivity index (χ4v) is 5.57. The lowest BCUT2D eigenvalue weighted by molar-refractivity contribution is 0.0604. The first-order valence-corrected chi connectivity index (χ1v) is 10.8. The summed E-state index contributed by atoms with van der Waals surface area (Å²) in [5.74, 6) is 0.101. The molecule has 0 bridgehead atoms. The number of rotatable bonds is 3. The first-order valence-electron chi connectivity index (χ1n) is 10.4. The Morgan fingerprint density at radius 3 is 2.73 bits per heavy atom. The average Bonchev–Trinajstić information content (AvgIpc) is 2.96. The van der Waals surface area contributed by atoms with Crippen LogP contribution in [0.25, 0.3) is 0 Å². The summed E-state index contributed by atoms with van der Waals surface area (Å²) in [5, 5.41) is 6.76. The number of thioether (sulfide) groups is 1. The van der Waals surface area contributed by atoms with Crippen molar-refractivity contribution in [2.24, 2.45) is 5.41 Å². The number of hydrogen-bond acceptors (Lipinski definition) is 5. The molecule has 0 saturated carbocycles. The third kappa shape index (κ3) is 4.07. The molecule has 6 heteroatoms. The third-order valence-corrected chi connectivity index (χ3v) is 7.42. The van der Waals surface area contributed by atoms with Gasteiger partial charge in [-0.3, -0.25) is 4.79 Å². The van der Waals surface area contributed by atoms with E-state index < -0.39 is 0 Å². The monoisotopic (exact) mass is 375 g/mol. The van der Waals surface area contributed by atoms with Crippen molar-refractivity contribution >= 4 is 17.7 Å². The Morgan fingerprint density at radius 2 is 2.12 bits per heavy atom. The number of piperidine rings is 2. The molecule has 5 nitrogen and oxygen atoms in total. The van der Waals surface area contributed by atoms with E-state index in [1.54, 1.807) is 11.5 Å². The number of carbonyl (C=O) groups is 1. The van der Waals surface area contributed by atoms with Crippen LogP contribution in [0.5, 0.6) is 0 Å². The third-order valence-electron chi connectivity index (χ3n) is 6.13. The summed E-state index contributed by atoms with van der Waals surface area (Å²) in [6, 6.07) is 4.27. The van der Waals surface area contributed by atoms with Crippen LogP contribution in [0.4, 0.5) is 0 Å². The Bertz CT molecular complexity index is 644. The fourth-order valence-electron chi connectivity index (χ4n) is 4.49. The first-order chi connectivity index (χ1) is 13.0. The van der Waals surface area contributed by atoms with Gasteiger partial charge in [0.1, 0.15) is 1.41 Å². The summed E-state index contributed by atoms with van der Waals surface area (Å²) in [6.45, 7) is 6.74. The summed E-state index contributed by atoms with van der Waals surface area (Å²) in [6.07, 6.45) is 7.21. The van der Waals surface area contributed by atoms with Crippen LogP contribution in [0.3, 0.4) is 0 Å². The van der Waals surface area contributed by atoms with Gasteiger partial charge in [0, 0.05) is 37.1 Å². The molecule has 3 fully saturated rings. The van der Waals surface area contributed by atoms with E-state index in [0.29, 0.717) is 16.9 Å². The Balaban J connectivity index is 1.32. The molecule has 0 aromatic carbocycles. The predicted octanol–water partition coefficient (Wildman–Crippen LogP) is 2.53. The maximum atomic E-state index is 12.9. The molecule has 3 aliphatic rings. The van der Waals surface area contributed by atoms with Crippen LogP contribution in [0, 0.1) is 5.41 Å². The first kappa shape index (κ1) is 17.0. The molecule has 26 heavy (non-hydrogen) atoms. The van der Waals surface area contributed by atoms with Crippen LogP contribution in [-0.2, 0) is 0 Å². The van der Waals surface area contributed by atoms with Gasteiger partial charge in [-0.1, -0.05) is 0 Å². The van der Waals surface area contributed by atoms with Crippen LogP contribution in [0.15, 0.2) is 23.4 Å². The molecule has 4 rings (SSSR count). The Hall–Kier alpha value is -1.11. The second-order valence-corrected chi connectivity index (χ2v) is 9.46. The van der Waals surface area contributed by atoms with Crippen molar-refractivity contribution in [3.05, 3.63) is 23.9 Å². The molecule has 0 radical (unpaired) electrons. The number of likely N-dealkylation sites (tertiary alicyclic amines) is 1. The van der Waals surface area contributed by atoms with Gasteiger partial charge in [0.2, 0.25) is 0 Å². The SMILES string of the molecule is [2H]N1CC2(CCN(C(=O)c3ccc(SC4CCNCC4)nc3)CC2)CC1C. The van der Waals surface area contributed by atoms with Crippen LogP contribution in [0.1, 0.15) is 49.4 Å². The quantitative estimate of drug-likeness (QED) is 0.850. The highest BCUT2D eigenvalue weighted by Crippen LogP contribution is 2.39. The van der Waals surface area contributed by atoms with E-state index in [1.165, 1.54) is 12.8 Å². The molecular weight excluding hydrogens is 344 g/mol. The van der Waals surface area contributed by atoms with Gasteiger partial charge >= 0.3 is 0 Å². The molecule has 1 aromatic rings. The van der Waals surface area contributed by atoms with Crippen LogP contribution in [0.2, 0.25) is 1.41 Å². The fraction of sp³-hybridized carbons (Fsp3) is 0.700. The molecule has 1 amide bonds. The lowest BCUT2D eigenvalue weighted by atomic mass is 9.76. The van der Waals surface area contributed by atoms with Crippen molar-refractivity contribution in [3.8, 4) is 0 Å². The van der Waals surface area contributed by atoms with Gasteiger partial charge in [0.05, 0.1) is 10.6 Å². The minimum atomic E-state index is 0.101. The Kier molecular flexibility index (Phi) is 5.15. The van der Waals surface area contributed by atoms with Crippen LogP contribution < -0.4 is 10.6 Å². The predicted molar refractivity (Wildman–Crippen MR) is 106 cm³/mol. The summed E-state index contributed by atoms with van der Waals surface area (Å²) < 4.78 is 8.02. The number of nitrogens with zero attached hydrogens (tertiary/aromatic N) is 2. The van der Waals surface area contributed by atoms with Gasteiger partial charge in [-0.25, -0.2) is 4.98 Å². The number of hydrogen-bond donors (Lipinski definition) is 2. The van der Waals surface area contributed by atoms with Gasteiger partial charge in [-0.2, -0.15) is 0 Å². The largest absolute Gasteiger partial charge is 0.339 e. The molecule has 1 spiro atoms. The smallest absolute Gasteiger partial charge is 0.255 e. The zero-order valence-electron chi connectivity index (χ0n) is 16.6. The molecule has 0 aliphatic carbocycles. The lowest BCUT2D eigenvalue weighted by Gasteiger charge is -2.39. The molecule has 3 saturated heterocycles. The molecule has 3 aliphatic heterocycles. The van der Waals surface area contributed by atoms with Crippen molar-refractivity contribution in [2.45, 2.75) is 55.3 Å². The number of aromatic nitrogens is 1. The highest BCUT2D eigenvalue weighted by atomic mass is 32.2. The maximum Gasteiger partial charge on any atom is 0.255 e. The normalized spacial score (nSPS) is 27.7. The lowest BCUT2D eigenvalue weighted by Crippen LogP contribution is -2.44. The number of carbonyl (C=O) groups excluding carboxylic acids is 1. The number of amides is 1. The second kappa shape index (κ2) is 7.87. The van der Waals surface area contributed by atoms with E-state index in [1.807, 2.05) is 28.8 Å². The van der Waals surface area contributed by atoms with E-state index in [9.17, 15) is 4.79 Å². The topological polar surface area (TPSA) is 57.3 Å². The zero-order chi connectivity index (χ0) is 18.9. The van der Waals surface area contributed by atoms with Crippen molar-refractivity contribution in [3.63, 3.8) is 0 Å². The van der Waals surface area contributed by atoms with E-state index >= 15 is 0 Å². The van der Waals surface area contributed by atoms with Gasteiger partial charge in [-0.15, -0.1) is 11.8 Å². The van der Waals surface area contributed by atoms with Crippen molar-refractivity contribution < 1.29 is 6.21 Å². The summed E-state index contributed by atoms with van der Waals surface area (Å²) in [7, 11) is 0. The average molecular weight is 376 g/mol. The van der Waals surface area contributed by atoms with Gasteiger partial charge in [0.15, 0.2) is 0 Å². The molecular formula is C20H30N4OS. The Labute approximate surface area is 162 Å². The van der Waals surface area contributed by atoms with E-state index in [-0.39, 0.29) is 11.3 Å². The molecule has 1 unspecified atom stereocenters. The zero-order valence-corrected chi connectivity index (χ0v) is 16.4. The van der Waals surface area contributed by atoms with E-state index in [4.69, 9.17) is 1.41 Å². The van der Waals surface area contributed by atoms with Crippen molar-refractivity contribution in [2.75, 3.05) is 32.7 Å². The Morgan fingerprint density at radius 1 is 1.35 bits per heavy atom. The number of nitrogens with one attached hydrogen (secondary N) is 2. The summed E-state index contributed by atoms with van der Waals surface area (Å²) in [5.41, 5.74) is 0.938. The maximum absolute atomic E-state index is 12.9. The molecule has 4 heterocycles. The standard InChI is InChI=1S/C20H30N4OS/c1-15-12-20(14-23-15)6-10-24(11-7-20)19(25)16-2-3-18(22-13-16)26-17-4-8-21-9-5-17/h2-3,13,15,17,21,23H,4-12,14H2,1H3/i/hD. The molecule has 1 atom stereocenters. The molecule has 142 valence electrons. The van der Waals surface area contributed by atoms with E-state index in [2.05, 4.69) is 17.2 Å². The van der Waals surface area contributed by atoms with Crippen molar-refractivity contribution in [1.29, 1.82) is 0 Å². The molecule has 2 N–H and O–H groups in total. The highest BCUT2D eigenvalue weighted by Gasteiger charge is 2.40. The van der Waals surface area contributed by atoms with Crippen molar-refractivity contribution in [1.82, 2.24) is 20.5 Å². The minimum Gasteiger partial charge on any atom is -0.339 e. The van der Waals surface area contributed by atoms with Gasteiger partial charge in [-0.05, 0) is 69.7 Å². The van der Waals surface area contributed by atoms with Gasteiger partial charge in [0.25, 0.3) is 5.91 Å². The van der Waals surface area contributed by atoms with Crippen LogP contribution in [-0.4, -0.2) is 59.8 Å². The number of pyridine rings is 1. The second-order valence-electron chi connectivity index (χ2n) is 8.14. The summed E-state index contributed by atoms with van der Waals surface area (Å²) >= 11 is 1.84. The van der Waals surface area contributed by atoms with Gasteiger partial charge < -0.3 is 15.5 Å². The minimum absolute atomic E-state index is 0.101. The van der Waals surface area contributed by atoms with Crippen LogP contribution >= 0.6 is 11.8 Å². The highest BCUT2D eigenvalue weighted by molar-refractivity contribution is 7.99. The summed E-state index contributed by atoms with van der Waals surface area (Å²) in [4.78, 5) is 19.4. The van der Waals surface area contributed by atoms with E-state index in [0.717, 1.165) is 57.0 Å².